The molecule has 0 aliphatic carbocycles. The smallest absolute Gasteiger partial charge is 0.422 e. The molecular weight excluding hydrogens is 249 g/mol. The molecule has 0 heterocycles. The fraction of sp³-hybridized carbons (Fsp3) is 0.364. The highest BCUT2D eigenvalue weighted by Gasteiger charge is 2.28. The lowest BCUT2D eigenvalue weighted by Gasteiger charge is -2.10. The normalized spacial score (nSPS) is 12.9. The first kappa shape index (κ1) is 14.3. The van der Waals surface area contributed by atoms with Crippen molar-refractivity contribution in [2.45, 2.75) is 19.1 Å². The third kappa shape index (κ3) is 5.05. The van der Waals surface area contributed by atoms with Crippen molar-refractivity contribution in [1.29, 1.82) is 0 Å². The number of alkyl halides is 3. The molecule has 0 saturated carbocycles. The van der Waals surface area contributed by atoms with Crippen LogP contribution >= 0.6 is 0 Å². The maximum atomic E-state index is 11.9. The summed E-state index contributed by atoms with van der Waals surface area (Å²) in [7, 11) is 0. The molecule has 1 rings (SSSR count). The van der Waals surface area contributed by atoms with Crippen molar-refractivity contribution in [3.8, 4) is 5.75 Å². The number of halogens is 3. The molecule has 3 N–H and O–H groups in total. The Balaban J connectivity index is 2.55. The fourth-order valence-corrected chi connectivity index (χ4v) is 1.06. The van der Waals surface area contributed by atoms with Gasteiger partial charge in [-0.05, 0) is 31.2 Å². The van der Waals surface area contributed by atoms with Gasteiger partial charge in [0.25, 0.3) is 0 Å². The molecule has 0 aliphatic rings. The molecule has 0 saturated heterocycles. The van der Waals surface area contributed by atoms with Crippen LogP contribution in [0.25, 0.3) is 0 Å². The highest BCUT2D eigenvalue weighted by atomic mass is 19.4. The molecule has 0 aromatic heterocycles. The van der Waals surface area contributed by atoms with Crippen molar-refractivity contribution >= 4 is 11.6 Å². The van der Waals surface area contributed by atoms with E-state index < -0.39 is 18.8 Å². The summed E-state index contributed by atoms with van der Waals surface area (Å²) in [5, 5.41) is 2.50. The number of anilines is 1. The van der Waals surface area contributed by atoms with Crippen molar-refractivity contribution in [2.24, 2.45) is 5.73 Å². The quantitative estimate of drug-likeness (QED) is 0.871. The summed E-state index contributed by atoms with van der Waals surface area (Å²) in [5.41, 5.74) is 5.79. The van der Waals surface area contributed by atoms with Crippen LogP contribution in [0, 0.1) is 0 Å². The zero-order valence-electron chi connectivity index (χ0n) is 9.62. The van der Waals surface area contributed by atoms with E-state index in [1.807, 2.05) is 0 Å². The van der Waals surface area contributed by atoms with Crippen LogP contribution in [0.1, 0.15) is 6.92 Å². The van der Waals surface area contributed by atoms with Crippen LogP contribution in [0.5, 0.6) is 5.75 Å². The lowest BCUT2D eigenvalue weighted by Crippen LogP contribution is -2.32. The highest BCUT2D eigenvalue weighted by Crippen LogP contribution is 2.20. The first-order valence-corrected chi connectivity index (χ1v) is 5.14. The zero-order chi connectivity index (χ0) is 13.8. The van der Waals surface area contributed by atoms with Crippen LogP contribution in [0.4, 0.5) is 18.9 Å². The lowest BCUT2D eigenvalue weighted by molar-refractivity contribution is -0.153. The standard InChI is InChI=1S/C11H13F3N2O2/c1-7(15)10(17)16-8-2-4-9(5-3-8)18-6-11(12,13)14/h2-5,7H,6,15H2,1H3,(H,16,17)/t7-/m0/s1. The molecule has 1 aromatic carbocycles. The van der Waals surface area contributed by atoms with E-state index in [-0.39, 0.29) is 11.7 Å². The van der Waals surface area contributed by atoms with Gasteiger partial charge in [0.15, 0.2) is 6.61 Å². The van der Waals surface area contributed by atoms with Crippen molar-refractivity contribution in [3.63, 3.8) is 0 Å². The minimum Gasteiger partial charge on any atom is -0.484 e. The second kappa shape index (κ2) is 5.72. The van der Waals surface area contributed by atoms with Gasteiger partial charge in [-0.1, -0.05) is 0 Å². The Labute approximate surface area is 102 Å². The number of amides is 1. The summed E-state index contributed by atoms with van der Waals surface area (Å²) >= 11 is 0. The largest absolute Gasteiger partial charge is 0.484 e. The van der Waals surface area contributed by atoms with Crippen LogP contribution in [0.3, 0.4) is 0 Å². The highest BCUT2D eigenvalue weighted by molar-refractivity contribution is 5.94. The molecule has 0 fully saturated rings. The zero-order valence-corrected chi connectivity index (χ0v) is 9.62. The molecule has 18 heavy (non-hydrogen) atoms. The van der Waals surface area contributed by atoms with Gasteiger partial charge in [0.2, 0.25) is 5.91 Å². The van der Waals surface area contributed by atoms with Gasteiger partial charge in [-0.3, -0.25) is 4.79 Å². The Bertz CT molecular complexity index is 402. The van der Waals surface area contributed by atoms with E-state index in [0.717, 1.165) is 0 Å². The molecule has 4 nitrogen and oxygen atoms in total. The van der Waals surface area contributed by atoms with E-state index in [4.69, 9.17) is 5.73 Å². The molecule has 0 bridgehead atoms. The van der Waals surface area contributed by atoms with E-state index in [9.17, 15) is 18.0 Å². The molecule has 100 valence electrons. The number of hydrogen-bond acceptors (Lipinski definition) is 3. The second-order valence-electron chi connectivity index (χ2n) is 3.71. The van der Waals surface area contributed by atoms with Crippen LogP contribution in [-0.4, -0.2) is 24.7 Å². The first-order chi connectivity index (χ1) is 8.28. The van der Waals surface area contributed by atoms with Gasteiger partial charge in [-0.15, -0.1) is 0 Å². The summed E-state index contributed by atoms with van der Waals surface area (Å²) in [6, 6.07) is 4.88. The summed E-state index contributed by atoms with van der Waals surface area (Å²) in [6.45, 7) is 0.175. The van der Waals surface area contributed by atoms with Gasteiger partial charge in [-0.25, -0.2) is 0 Å². The van der Waals surface area contributed by atoms with E-state index in [1.165, 1.54) is 31.2 Å². The van der Waals surface area contributed by atoms with Crippen LogP contribution in [0.2, 0.25) is 0 Å². The van der Waals surface area contributed by atoms with E-state index in [2.05, 4.69) is 10.1 Å². The number of nitrogens with one attached hydrogen (secondary N) is 1. The number of hydrogen-bond donors (Lipinski definition) is 2. The molecule has 0 aliphatic heterocycles. The fourth-order valence-electron chi connectivity index (χ4n) is 1.06. The molecule has 7 heteroatoms. The summed E-state index contributed by atoms with van der Waals surface area (Å²) < 4.78 is 40.2. The van der Waals surface area contributed by atoms with Crippen molar-refractivity contribution in [2.75, 3.05) is 11.9 Å². The summed E-state index contributed by atoms with van der Waals surface area (Å²) in [4.78, 5) is 11.2. The summed E-state index contributed by atoms with van der Waals surface area (Å²) in [6.07, 6.45) is -4.37. The molecule has 0 unspecified atom stereocenters. The molecule has 0 radical (unpaired) electrons. The van der Waals surface area contributed by atoms with Gasteiger partial charge < -0.3 is 15.8 Å². The Kier molecular flexibility index (Phi) is 4.55. The Hall–Kier alpha value is -1.76. The number of benzene rings is 1. The van der Waals surface area contributed by atoms with Crippen LogP contribution in [0.15, 0.2) is 24.3 Å². The molecule has 1 atom stereocenters. The van der Waals surface area contributed by atoms with E-state index in [1.54, 1.807) is 0 Å². The molecular formula is C11H13F3N2O2. The van der Waals surface area contributed by atoms with E-state index >= 15 is 0 Å². The number of carbonyl (C=O) groups is 1. The number of rotatable bonds is 4. The van der Waals surface area contributed by atoms with Crippen LogP contribution < -0.4 is 15.8 Å². The third-order valence-corrected chi connectivity index (χ3v) is 1.94. The van der Waals surface area contributed by atoms with Crippen LogP contribution in [-0.2, 0) is 4.79 Å². The maximum absolute atomic E-state index is 11.9. The van der Waals surface area contributed by atoms with Crippen molar-refractivity contribution in [1.82, 2.24) is 0 Å². The minimum atomic E-state index is -4.37. The van der Waals surface area contributed by atoms with E-state index in [0.29, 0.717) is 5.69 Å². The number of nitrogens with two attached hydrogens (primary N) is 1. The third-order valence-electron chi connectivity index (χ3n) is 1.94. The average Bonchev–Trinajstić information content (AvgIpc) is 2.27. The average molecular weight is 262 g/mol. The SMILES string of the molecule is C[C@H](N)C(=O)Nc1ccc(OCC(F)(F)F)cc1. The Morgan fingerprint density at radius 3 is 2.39 bits per heavy atom. The predicted molar refractivity (Wildman–Crippen MR) is 60.3 cm³/mol. The van der Waals surface area contributed by atoms with Gasteiger partial charge in [-0.2, -0.15) is 13.2 Å². The Morgan fingerprint density at radius 2 is 1.94 bits per heavy atom. The molecule has 0 spiro atoms. The Morgan fingerprint density at radius 1 is 1.39 bits per heavy atom. The molecule has 1 aromatic rings. The van der Waals surface area contributed by atoms with Gasteiger partial charge in [0.05, 0.1) is 6.04 Å². The maximum Gasteiger partial charge on any atom is 0.422 e. The number of ether oxygens (including phenoxy) is 1. The van der Waals surface area contributed by atoms with Crippen molar-refractivity contribution < 1.29 is 22.7 Å². The minimum absolute atomic E-state index is 0.0751. The van der Waals surface area contributed by atoms with Gasteiger partial charge in [0, 0.05) is 5.69 Å². The monoisotopic (exact) mass is 262 g/mol. The topological polar surface area (TPSA) is 64.4 Å². The second-order valence-corrected chi connectivity index (χ2v) is 3.71. The lowest BCUT2D eigenvalue weighted by atomic mass is 10.2. The van der Waals surface area contributed by atoms with Crippen molar-refractivity contribution in [3.05, 3.63) is 24.3 Å². The van der Waals surface area contributed by atoms with Gasteiger partial charge in [0.1, 0.15) is 5.75 Å². The van der Waals surface area contributed by atoms with Gasteiger partial charge >= 0.3 is 6.18 Å². The molecule has 1 amide bonds. The number of carbonyl (C=O) groups excluding carboxylic acids is 1. The summed E-state index contributed by atoms with van der Waals surface area (Å²) in [5.74, 6) is -0.301. The first-order valence-electron chi connectivity index (χ1n) is 5.14. The predicted octanol–water partition coefficient (Wildman–Crippen LogP) is 1.91.